The fraction of sp³-hybridized carbons (Fsp3) is 0.500. The summed E-state index contributed by atoms with van der Waals surface area (Å²) in [5.74, 6) is 0.344. The molecule has 1 spiro atoms. The predicted molar refractivity (Wildman–Crippen MR) is 144 cm³/mol. The van der Waals surface area contributed by atoms with Crippen LogP contribution in [0.15, 0.2) is 42.5 Å². The standard InChI is InChI=1S/C30H37FN4O2/c1-19-3-5-24-26(13-19)32-18-30(24)9-12-34(16-20(30)2)17-28(36)21-7-10-35(11-8-21)29(37)27-15-22-14-23(31)4-6-25(22)33-27/h3-6,13-15,20-21,28,32-33,36H,7-12,16-18H2,1-2H3/t20-,28-,30+/m1/s1. The minimum absolute atomic E-state index is 0.0552. The molecule has 3 aliphatic heterocycles. The van der Waals surface area contributed by atoms with E-state index >= 15 is 0 Å². The summed E-state index contributed by atoms with van der Waals surface area (Å²) in [6.45, 7) is 9.45. The molecular formula is C30H37FN4O2. The highest BCUT2D eigenvalue weighted by Crippen LogP contribution is 2.47. The van der Waals surface area contributed by atoms with Crippen LogP contribution in [0, 0.1) is 24.6 Å². The van der Waals surface area contributed by atoms with Gasteiger partial charge in [-0.3, -0.25) is 4.79 Å². The number of anilines is 1. The van der Waals surface area contributed by atoms with Gasteiger partial charge in [0, 0.05) is 54.7 Å². The lowest BCUT2D eigenvalue weighted by atomic mass is 9.67. The third-order valence-electron chi connectivity index (χ3n) is 9.28. The summed E-state index contributed by atoms with van der Waals surface area (Å²) < 4.78 is 13.5. The summed E-state index contributed by atoms with van der Waals surface area (Å²) in [7, 11) is 0. The number of likely N-dealkylation sites (tertiary alicyclic amines) is 2. The number of halogens is 1. The van der Waals surface area contributed by atoms with Crippen molar-refractivity contribution >= 4 is 22.5 Å². The van der Waals surface area contributed by atoms with Crippen molar-refractivity contribution in [2.45, 2.75) is 44.6 Å². The number of hydrogen-bond acceptors (Lipinski definition) is 4. The van der Waals surface area contributed by atoms with Gasteiger partial charge in [0.25, 0.3) is 5.91 Å². The number of nitrogens with zero attached hydrogens (tertiary/aromatic N) is 2. The van der Waals surface area contributed by atoms with Crippen molar-refractivity contribution in [2.24, 2.45) is 11.8 Å². The number of rotatable bonds is 4. The van der Waals surface area contributed by atoms with E-state index in [1.54, 1.807) is 12.1 Å². The zero-order valence-corrected chi connectivity index (χ0v) is 21.8. The second-order valence-electron chi connectivity index (χ2n) is 11.6. The quantitative estimate of drug-likeness (QED) is 0.488. The Hall–Kier alpha value is -2.90. The number of carbonyl (C=O) groups excluding carboxylic acids is 1. The summed E-state index contributed by atoms with van der Waals surface area (Å²) in [5, 5.41) is 15.5. The highest BCUT2D eigenvalue weighted by atomic mass is 19.1. The SMILES string of the molecule is Cc1ccc2c(c1)NC[C@]21CCN(C[C@@H](O)C2CCN(C(=O)c3cc4cc(F)ccc4[nH]3)CC2)C[C@H]1C. The molecule has 0 unspecified atom stereocenters. The summed E-state index contributed by atoms with van der Waals surface area (Å²) in [6.07, 6.45) is 2.31. The maximum atomic E-state index is 13.5. The first-order chi connectivity index (χ1) is 17.8. The van der Waals surface area contributed by atoms with Crippen molar-refractivity contribution in [1.82, 2.24) is 14.8 Å². The zero-order chi connectivity index (χ0) is 25.7. The monoisotopic (exact) mass is 504 g/mol. The van der Waals surface area contributed by atoms with Gasteiger partial charge in [0.05, 0.1) is 6.10 Å². The fourth-order valence-corrected chi connectivity index (χ4v) is 6.96. The van der Waals surface area contributed by atoms with Crippen LogP contribution in [-0.2, 0) is 5.41 Å². The van der Waals surface area contributed by atoms with Gasteiger partial charge in [-0.15, -0.1) is 0 Å². The molecule has 4 heterocycles. The van der Waals surface area contributed by atoms with E-state index in [2.05, 4.69) is 47.2 Å². The number of H-pyrrole nitrogens is 1. The summed E-state index contributed by atoms with van der Waals surface area (Å²) in [4.78, 5) is 20.5. The number of β-amino-alcohol motifs (C(OH)–C–C–N with tert-alkyl or cyclic N) is 1. The molecule has 3 N–H and O–H groups in total. The summed E-state index contributed by atoms with van der Waals surface area (Å²) in [5.41, 5.74) is 5.49. The van der Waals surface area contributed by atoms with Crippen molar-refractivity contribution in [3.8, 4) is 0 Å². The van der Waals surface area contributed by atoms with Crippen molar-refractivity contribution < 1.29 is 14.3 Å². The molecule has 2 aromatic carbocycles. The van der Waals surface area contributed by atoms with Crippen molar-refractivity contribution in [1.29, 1.82) is 0 Å². The van der Waals surface area contributed by atoms with E-state index in [1.165, 1.54) is 28.9 Å². The van der Waals surface area contributed by atoms with Crippen LogP contribution in [0.1, 0.15) is 47.8 Å². The number of piperidine rings is 2. The lowest BCUT2D eigenvalue weighted by Crippen LogP contribution is -2.52. The van der Waals surface area contributed by atoms with Crippen LogP contribution in [0.4, 0.5) is 10.1 Å². The van der Waals surface area contributed by atoms with Crippen LogP contribution in [-0.4, -0.2) is 71.2 Å². The van der Waals surface area contributed by atoms with Crippen LogP contribution in [0.5, 0.6) is 0 Å². The van der Waals surface area contributed by atoms with Crippen LogP contribution >= 0.6 is 0 Å². The van der Waals surface area contributed by atoms with Gasteiger partial charge in [-0.2, -0.15) is 0 Å². The van der Waals surface area contributed by atoms with E-state index in [0.717, 1.165) is 44.4 Å². The minimum Gasteiger partial charge on any atom is -0.392 e. The number of aliphatic hydroxyl groups excluding tert-OH is 1. The van der Waals surface area contributed by atoms with Gasteiger partial charge >= 0.3 is 0 Å². The Kier molecular flexibility index (Phi) is 6.24. The summed E-state index contributed by atoms with van der Waals surface area (Å²) in [6, 6.07) is 13.0. The van der Waals surface area contributed by atoms with E-state index in [-0.39, 0.29) is 29.2 Å². The van der Waals surface area contributed by atoms with Gasteiger partial charge in [-0.25, -0.2) is 4.39 Å². The third kappa shape index (κ3) is 4.42. The predicted octanol–water partition coefficient (Wildman–Crippen LogP) is 4.53. The number of benzene rings is 2. The number of aryl methyl sites for hydroxylation is 1. The number of aromatic nitrogens is 1. The van der Waals surface area contributed by atoms with E-state index in [1.807, 2.05) is 4.90 Å². The Balaban J connectivity index is 1.03. The first-order valence-electron chi connectivity index (χ1n) is 13.7. The molecule has 1 aromatic heterocycles. The van der Waals surface area contributed by atoms with Crippen molar-refractivity contribution in [3.05, 3.63) is 65.1 Å². The third-order valence-corrected chi connectivity index (χ3v) is 9.28. The van der Waals surface area contributed by atoms with Gasteiger partial charge in [-0.1, -0.05) is 19.1 Å². The molecule has 37 heavy (non-hydrogen) atoms. The summed E-state index contributed by atoms with van der Waals surface area (Å²) >= 11 is 0. The molecule has 2 saturated heterocycles. The molecule has 0 aliphatic carbocycles. The molecule has 0 saturated carbocycles. The molecule has 2 fully saturated rings. The molecule has 7 heteroatoms. The van der Waals surface area contributed by atoms with Crippen LogP contribution < -0.4 is 5.32 Å². The van der Waals surface area contributed by atoms with E-state index < -0.39 is 0 Å². The average Bonchev–Trinajstić information content (AvgIpc) is 3.47. The molecule has 6 rings (SSSR count). The van der Waals surface area contributed by atoms with Gasteiger partial charge < -0.3 is 25.2 Å². The van der Waals surface area contributed by atoms with Crippen molar-refractivity contribution in [3.63, 3.8) is 0 Å². The number of carbonyl (C=O) groups is 1. The Morgan fingerprint density at radius 1 is 1.16 bits per heavy atom. The van der Waals surface area contributed by atoms with E-state index in [9.17, 15) is 14.3 Å². The fourth-order valence-electron chi connectivity index (χ4n) is 6.96. The molecule has 3 atom stereocenters. The number of aliphatic hydroxyl groups is 1. The van der Waals surface area contributed by atoms with Crippen LogP contribution in [0.2, 0.25) is 0 Å². The second kappa shape index (κ2) is 9.44. The lowest BCUT2D eigenvalue weighted by Gasteiger charge is -2.46. The Bertz CT molecular complexity index is 1310. The highest BCUT2D eigenvalue weighted by molar-refractivity contribution is 5.98. The van der Waals surface area contributed by atoms with Crippen LogP contribution in [0.25, 0.3) is 10.9 Å². The van der Waals surface area contributed by atoms with Gasteiger partial charge in [0.2, 0.25) is 0 Å². The van der Waals surface area contributed by atoms with Gasteiger partial charge in [0.1, 0.15) is 11.5 Å². The number of fused-ring (bicyclic) bond motifs is 3. The number of nitrogens with one attached hydrogen (secondary N) is 2. The molecule has 196 valence electrons. The van der Waals surface area contributed by atoms with Crippen LogP contribution in [0.3, 0.4) is 0 Å². The average molecular weight is 505 g/mol. The van der Waals surface area contributed by atoms with Gasteiger partial charge in [-0.05, 0) is 86.0 Å². The molecule has 0 bridgehead atoms. The zero-order valence-electron chi connectivity index (χ0n) is 21.8. The molecule has 3 aliphatic rings. The Morgan fingerprint density at radius 3 is 2.76 bits per heavy atom. The molecule has 0 radical (unpaired) electrons. The minimum atomic E-state index is -0.383. The topological polar surface area (TPSA) is 71.6 Å². The van der Waals surface area contributed by atoms with Crippen molar-refractivity contribution in [2.75, 3.05) is 44.6 Å². The van der Waals surface area contributed by atoms with E-state index in [0.29, 0.717) is 36.6 Å². The smallest absolute Gasteiger partial charge is 0.270 e. The number of amides is 1. The van der Waals surface area contributed by atoms with E-state index in [4.69, 9.17) is 0 Å². The highest BCUT2D eigenvalue weighted by Gasteiger charge is 2.46. The molecular weight excluding hydrogens is 467 g/mol. The maximum Gasteiger partial charge on any atom is 0.270 e. The normalized spacial score (nSPS) is 25.4. The number of aromatic amines is 1. The Labute approximate surface area is 217 Å². The lowest BCUT2D eigenvalue weighted by molar-refractivity contribution is 0.0110. The maximum absolute atomic E-state index is 13.5. The first-order valence-corrected chi connectivity index (χ1v) is 13.7. The molecule has 3 aromatic rings. The second-order valence-corrected chi connectivity index (χ2v) is 11.6. The first kappa shape index (κ1) is 24.4. The molecule has 6 nitrogen and oxygen atoms in total. The largest absolute Gasteiger partial charge is 0.392 e. The molecule has 1 amide bonds. The number of hydrogen-bond donors (Lipinski definition) is 3. The van der Waals surface area contributed by atoms with Gasteiger partial charge in [0.15, 0.2) is 0 Å². The Morgan fingerprint density at radius 2 is 1.97 bits per heavy atom.